The lowest BCUT2D eigenvalue weighted by atomic mass is 10.1. The van der Waals surface area contributed by atoms with E-state index >= 15 is 0 Å². The minimum Gasteiger partial charge on any atom is -0.373 e. The first-order valence-electron chi connectivity index (χ1n) is 6.86. The molecule has 2 N–H and O–H groups in total. The van der Waals surface area contributed by atoms with Crippen molar-refractivity contribution < 1.29 is 4.79 Å². The molecule has 20 heavy (non-hydrogen) atoms. The van der Waals surface area contributed by atoms with E-state index in [1.807, 2.05) is 30.0 Å². The molecule has 0 radical (unpaired) electrons. The molecule has 1 aliphatic rings. The van der Waals surface area contributed by atoms with Gasteiger partial charge in [-0.3, -0.25) is 4.79 Å². The average molecular weight is 298 g/mol. The van der Waals surface area contributed by atoms with Crippen LogP contribution in [0.25, 0.3) is 0 Å². The second kappa shape index (κ2) is 6.95. The Morgan fingerprint density at radius 3 is 2.55 bits per heavy atom. The number of halogens is 1. The Kier molecular flexibility index (Phi) is 5.84. The normalized spacial score (nSPS) is 19.7. The van der Waals surface area contributed by atoms with Crippen molar-refractivity contribution in [1.29, 1.82) is 0 Å². The second-order valence-electron chi connectivity index (χ2n) is 5.56. The standard InChI is InChI=1S/C15H23N3O.ClH/c1-11-9-17(3)13-6-4-5-7-14(13)18(10-11)15(19)12(2)8-16;/h4-7,11-12H,8-10,16H2,1-3H3;1H. The minimum absolute atomic E-state index is 0. The molecular formula is C15H24ClN3O. The summed E-state index contributed by atoms with van der Waals surface area (Å²) in [6.45, 7) is 6.17. The summed E-state index contributed by atoms with van der Waals surface area (Å²) in [5.74, 6) is 0.423. The van der Waals surface area contributed by atoms with Crippen LogP contribution >= 0.6 is 12.4 Å². The van der Waals surface area contributed by atoms with E-state index in [0.29, 0.717) is 12.5 Å². The largest absolute Gasteiger partial charge is 0.373 e. The van der Waals surface area contributed by atoms with E-state index in [-0.39, 0.29) is 24.2 Å². The number of nitrogens with zero attached hydrogens (tertiary/aromatic N) is 2. The van der Waals surface area contributed by atoms with Crippen LogP contribution in [-0.4, -0.2) is 32.6 Å². The van der Waals surface area contributed by atoms with Crippen LogP contribution in [0.4, 0.5) is 11.4 Å². The molecule has 0 aliphatic carbocycles. The van der Waals surface area contributed by atoms with Gasteiger partial charge in [-0.2, -0.15) is 0 Å². The maximum Gasteiger partial charge on any atom is 0.231 e. The van der Waals surface area contributed by atoms with Crippen LogP contribution < -0.4 is 15.5 Å². The van der Waals surface area contributed by atoms with E-state index in [1.165, 1.54) is 0 Å². The number of carbonyl (C=O) groups is 1. The van der Waals surface area contributed by atoms with Gasteiger partial charge in [-0.15, -0.1) is 12.4 Å². The molecule has 0 spiro atoms. The minimum atomic E-state index is -0.135. The average Bonchev–Trinajstić information content (AvgIpc) is 2.54. The third kappa shape index (κ3) is 3.25. The van der Waals surface area contributed by atoms with Crippen molar-refractivity contribution in [2.75, 3.05) is 36.5 Å². The van der Waals surface area contributed by atoms with Crippen molar-refractivity contribution in [3.05, 3.63) is 24.3 Å². The molecular weight excluding hydrogens is 274 g/mol. The molecule has 2 unspecified atom stereocenters. The first-order chi connectivity index (χ1) is 9.04. The lowest BCUT2D eigenvalue weighted by Crippen LogP contribution is -2.40. The predicted molar refractivity (Wildman–Crippen MR) is 86.7 cm³/mol. The van der Waals surface area contributed by atoms with Crippen molar-refractivity contribution in [2.24, 2.45) is 17.6 Å². The fourth-order valence-corrected chi connectivity index (χ4v) is 2.62. The SMILES string of the molecule is CC1CN(C)c2ccccc2N(C(=O)C(C)CN)C1.Cl. The molecule has 0 saturated heterocycles. The first-order valence-corrected chi connectivity index (χ1v) is 6.86. The van der Waals surface area contributed by atoms with Gasteiger partial charge in [0.05, 0.1) is 11.4 Å². The van der Waals surface area contributed by atoms with Crippen LogP contribution in [0.1, 0.15) is 13.8 Å². The quantitative estimate of drug-likeness (QED) is 0.910. The van der Waals surface area contributed by atoms with Gasteiger partial charge in [0.15, 0.2) is 0 Å². The topological polar surface area (TPSA) is 49.6 Å². The van der Waals surface area contributed by atoms with Gasteiger partial charge in [-0.25, -0.2) is 0 Å². The molecule has 5 heteroatoms. The van der Waals surface area contributed by atoms with Crippen LogP contribution in [0.2, 0.25) is 0 Å². The van der Waals surface area contributed by atoms with Crippen LogP contribution in [0.3, 0.4) is 0 Å². The van der Waals surface area contributed by atoms with Gasteiger partial charge in [0, 0.05) is 32.6 Å². The van der Waals surface area contributed by atoms with E-state index in [4.69, 9.17) is 5.73 Å². The summed E-state index contributed by atoms with van der Waals surface area (Å²) in [6.07, 6.45) is 0. The Labute approximate surface area is 127 Å². The van der Waals surface area contributed by atoms with E-state index in [0.717, 1.165) is 24.5 Å². The number of carbonyl (C=O) groups excluding carboxylic acids is 1. The number of hydrogen-bond donors (Lipinski definition) is 1. The molecule has 0 fully saturated rings. The monoisotopic (exact) mass is 297 g/mol. The maximum absolute atomic E-state index is 12.5. The van der Waals surface area contributed by atoms with Crippen LogP contribution in [0, 0.1) is 11.8 Å². The molecule has 0 aromatic heterocycles. The van der Waals surface area contributed by atoms with Gasteiger partial charge in [0.25, 0.3) is 0 Å². The molecule has 2 rings (SSSR count). The lowest BCUT2D eigenvalue weighted by Gasteiger charge is -2.26. The highest BCUT2D eigenvalue weighted by Gasteiger charge is 2.28. The zero-order valence-corrected chi connectivity index (χ0v) is 13.2. The number of anilines is 2. The molecule has 1 heterocycles. The molecule has 2 atom stereocenters. The Morgan fingerprint density at radius 2 is 1.95 bits per heavy atom. The van der Waals surface area contributed by atoms with Crippen molar-refractivity contribution in [3.63, 3.8) is 0 Å². The van der Waals surface area contributed by atoms with Crippen LogP contribution in [0.15, 0.2) is 24.3 Å². The smallest absolute Gasteiger partial charge is 0.231 e. The Bertz CT molecular complexity index is 466. The van der Waals surface area contributed by atoms with Crippen molar-refractivity contribution in [3.8, 4) is 0 Å². The third-order valence-corrected chi connectivity index (χ3v) is 3.70. The fourth-order valence-electron chi connectivity index (χ4n) is 2.62. The molecule has 4 nitrogen and oxygen atoms in total. The zero-order valence-electron chi connectivity index (χ0n) is 12.4. The van der Waals surface area contributed by atoms with E-state index in [2.05, 4.69) is 24.9 Å². The number of nitrogens with two attached hydrogens (primary N) is 1. The van der Waals surface area contributed by atoms with Gasteiger partial charge in [-0.1, -0.05) is 26.0 Å². The third-order valence-electron chi connectivity index (χ3n) is 3.70. The molecule has 1 aliphatic heterocycles. The molecule has 0 bridgehead atoms. The van der Waals surface area contributed by atoms with Crippen LogP contribution in [-0.2, 0) is 4.79 Å². The highest BCUT2D eigenvalue weighted by atomic mass is 35.5. The Morgan fingerprint density at radius 1 is 1.35 bits per heavy atom. The molecule has 1 aromatic carbocycles. The predicted octanol–water partition coefficient (Wildman–Crippen LogP) is 2.12. The van der Waals surface area contributed by atoms with E-state index in [9.17, 15) is 4.79 Å². The Hall–Kier alpha value is -1.26. The van der Waals surface area contributed by atoms with Crippen molar-refractivity contribution in [1.82, 2.24) is 0 Å². The van der Waals surface area contributed by atoms with E-state index < -0.39 is 0 Å². The van der Waals surface area contributed by atoms with E-state index in [1.54, 1.807) is 0 Å². The maximum atomic E-state index is 12.5. The summed E-state index contributed by atoms with van der Waals surface area (Å²) in [5, 5.41) is 0. The number of fused-ring (bicyclic) bond motifs is 1. The van der Waals surface area contributed by atoms with Crippen molar-refractivity contribution >= 4 is 29.7 Å². The molecule has 0 saturated carbocycles. The summed E-state index contributed by atoms with van der Waals surface area (Å²) < 4.78 is 0. The summed E-state index contributed by atoms with van der Waals surface area (Å²) in [6, 6.07) is 8.09. The van der Waals surface area contributed by atoms with Gasteiger partial charge >= 0.3 is 0 Å². The highest BCUT2D eigenvalue weighted by Crippen LogP contribution is 2.33. The molecule has 112 valence electrons. The Balaban J connectivity index is 0.00000200. The summed E-state index contributed by atoms with van der Waals surface area (Å²) in [5.41, 5.74) is 7.76. The number of benzene rings is 1. The lowest BCUT2D eigenvalue weighted by molar-refractivity contribution is -0.121. The number of hydrogen-bond acceptors (Lipinski definition) is 3. The van der Waals surface area contributed by atoms with Gasteiger partial charge in [0.2, 0.25) is 5.91 Å². The highest BCUT2D eigenvalue weighted by molar-refractivity contribution is 5.98. The summed E-state index contributed by atoms with van der Waals surface area (Å²) >= 11 is 0. The second-order valence-corrected chi connectivity index (χ2v) is 5.56. The van der Waals surface area contributed by atoms with Crippen molar-refractivity contribution in [2.45, 2.75) is 13.8 Å². The fraction of sp³-hybridized carbons (Fsp3) is 0.533. The number of rotatable bonds is 2. The summed E-state index contributed by atoms with van der Waals surface area (Å²) in [4.78, 5) is 16.7. The molecule has 1 amide bonds. The first kappa shape index (κ1) is 16.8. The number of amides is 1. The molecule has 1 aromatic rings. The van der Waals surface area contributed by atoms with Gasteiger partial charge < -0.3 is 15.5 Å². The summed E-state index contributed by atoms with van der Waals surface area (Å²) in [7, 11) is 2.08. The van der Waals surface area contributed by atoms with Gasteiger partial charge in [-0.05, 0) is 18.1 Å². The van der Waals surface area contributed by atoms with Crippen LogP contribution in [0.5, 0.6) is 0 Å². The number of para-hydroxylation sites is 2. The van der Waals surface area contributed by atoms with Gasteiger partial charge in [0.1, 0.15) is 0 Å². The zero-order chi connectivity index (χ0) is 14.0.